The number of benzene rings is 1. The van der Waals surface area contributed by atoms with Crippen molar-refractivity contribution >= 4 is 5.69 Å². The average Bonchev–Trinajstić information content (AvgIpc) is 2.41. The molecular formula is C16H28N2. The van der Waals surface area contributed by atoms with Crippen LogP contribution in [0.25, 0.3) is 0 Å². The first kappa shape index (κ1) is 15.0. The third-order valence-electron chi connectivity index (χ3n) is 3.24. The molecule has 2 nitrogen and oxygen atoms in total. The lowest BCUT2D eigenvalue weighted by Crippen LogP contribution is -2.26. The van der Waals surface area contributed by atoms with Crippen molar-refractivity contribution in [3.05, 3.63) is 29.8 Å². The van der Waals surface area contributed by atoms with Gasteiger partial charge in [0, 0.05) is 25.3 Å². The lowest BCUT2D eigenvalue weighted by Gasteiger charge is -2.25. The average molecular weight is 248 g/mol. The zero-order valence-corrected chi connectivity index (χ0v) is 12.2. The van der Waals surface area contributed by atoms with Gasteiger partial charge in [0.2, 0.25) is 0 Å². The monoisotopic (exact) mass is 248 g/mol. The summed E-state index contributed by atoms with van der Waals surface area (Å²) in [5.74, 6) is 0. The maximum Gasteiger partial charge on any atom is 0.0411 e. The summed E-state index contributed by atoms with van der Waals surface area (Å²) in [5.41, 5.74) is 2.82. The molecule has 0 aromatic heterocycles. The van der Waals surface area contributed by atoms with Gasteiger partial charge in [-0.25, -0.2) is 0 Å². The number of nitrogens with zero attached hydrogens (tertiary/aromatic N) is 1. The Morgan fingerprint density at radius 3 is 2.50 bits per heavy atom. The summed E-state index contributed by atoms with van der Waals surface area (Å²) in [6, 6.07) is 8.78. The van der Waals surface area contributed by atoms with Gasteiger partial charge >= 0.3 is 0 Å². The van der Waals surface area contributed by atoms with Gasteiger partial charge < -0.3 is 10.2 Å². The first-order chi connectivity index (χ1) is 8.83. The minimum atomic E-state index is 0.979. The summed E-state index contributed by atoms with van der Waals surface area (Å²) in [6.07, 6.45) is 3.72. The van der Waals surface area contributed by atoms with Gasteiger partial charge in [-0.1, -0.05) is 38.5 Å². The van der Waals surface area contributed by atoms with Crippen molar-refractivity contribution in [3.8, 4) is 0 Å². The summed E-state index contributed by atoms with van der Waals surface area (Å²) in [4.78, 5) is 2.49. The van der Waals surface area contributed by atoms with E-state index in [0.29, 0.717) is 0 Å². The quantitative estimate of drug-likeness (QED) is 0.668. The van der Waals surface area contributed by atoms with Gasteiger partial charge in [-0.3, -0.25) is 0 Å². The van der Waals surface area contributed by atoms with Crippen LogP contribution in [0.2, 0.25) is 0 Å². The molecule has 1 aromatic carbocycles. The van der Waals surface area contributed by atoms with Crippen molar-refractivity contribution in [1.82, 2.24) is 5.32 Å². The fraction of sp³-hybridized carbons (Fsp3) is 0.625. The lowest BCUT2D eigenvalue weighted by molar-refractivity contribution is 0.669. The van der Waals surface area contributed by atoms with Gasteiger partial charge in [0.1, 0.15) is 0 Å². The van der Waals surface area contributed by atoms with E-state index in [1.54, 1.807) is 0 Å². The molecule has 102 valence electrons. The molecule has 0 unspecified atom stereocenters. The van der Waals surface area contributed by atoms with Crippen LogP contribution in [0.4, 0.5) is 5.69 Å². The number of nitrogens with one attached hydrogen (secondary N) is 1. The van der Waals surface area contributed by atoms with Gasteiger partial charge in [0.05, 0.1) is 0 Å². The SMILES string of the molecule is CCCCN(CC)c1ccccc1CNCCC. The van der Waals surface area contributed by atoms with E-state index in [2.05, 4.69) is 55.3 Å². The minimum Gasteiger partial charge on any atom is -0.372 e. The fourth-order valence-electron chi connectivity index (χ4n) is 2.17. The molecule has 0 saturated carbocycles. The Balaban J connectivity index is 2.71. The summed E-state index contributed by atoms with van der Waals surface area (Å²) in [7, 11) is 0. The van der Waals surface area contributed by atoms with Gasteiger partial charge in [-0.2, -0.15) is 0 Å². The second-order valence-electron chi connectivity index (χ2n) is 4.74. The van der Waals surface area contributed by atoms with E-state index in [4.69, 9.17) is 0 Å². The Morgan fingerprint density at radius 2 is 1.83 bits per heavy atom. The van der Waals surface area contributed by atoms with E-state index in [9.17, 15) is 0 Å². The highest BCUT2D eigenvalue weighted by molar-refractivity contribution is 5.53. The van der Waals surface area contributed by atoms with Gasteiger partial charge in [-0.15, -0.1) is 0 Å². The Labute approximate surface area is 112 Å². The van der Waals surface area contributed by atoms with Gasteiger partial charge in [0.25, 0.3) is 0 Å². The van der Waals surface area contributed by atoms with Crippen molar-refractivity contribution in [2.45, 2.75) is 46.6 Å². The second-order valence-corrected chi connectivity index (χ2v) is 4.74. The van der Waals surface area contributed by atoms with E-state index in [0.717, 1.165) is 26.2 Å². The lowest BCUT2D eigenvalue weighted by atomic mass is 10.1. The zero-order valence-electron chi connectivity index (χ0n) is 12.2. The van der Waals surface area contributed by atoms with Crippen LogP contribution in [0, 0.1) is 0 Å². The molecule has 0 aliphatic heterocycles. The smallest absolute Gasteiger partial charge is 0.0411 e. The fourth-order valence-corrected chi connectivity index (χ4v) is 2.17. The van der Waals surface area contributed by atoms with Crippen LogP contribution < -0.4 is 10.2 Å². The third-order valence-corrected chi connectivity index (χ3v) is 3.24. The summed E-state index contributed by atoms with van der Waals surface area (Å²) in [5, 5.41) is 3.50. The number of rotatable bonds is 9. The summed E-state index contributed by atoms with van der Waals surface area (Å²) in [6.45, 7) is 11.0. The third kappa shape index (κ3) is 4.69. The number of hydrogen-bond acceptors (Lipinski definition) is 2. The maximum absolute atomic E-state index is 3.50. The van der Waals surface area contributed by atoms with Crippen molar-refractivity contribution < 1.29 is 0 Å². The number of para-hydroxylation sites is 1. The molecule has 18 heavy (non-hydrogen) atoms. The summed E-state index contributed by atoms with van der Waals surface area (Å²) < 4.78 is 0. The van der Waals surface area contributed by atoms with Crippen molar-refractivity contribution in [1.29, 1.82) is 0 Å². The van der Waals surface area contributed by atoms with Crippen LogP contribution in [0.15, 0.2) is 24.3 Å². The van der Waals surface area contributed by atoms with Crippen LogP contribution in [-0.2, 0) is 6.54 Å². The van der Waals surface area contributed by atoms with Crippen LogP contribution in [-0.4, -0.2) is 19.6 Å². The molecule has 0 spiro atoms. The van der Waals surface area contributed by atoms with E-state index in [1.165, 1.54) is 30.5 Å². The minimum absolute atomic E-state index is 0.979. The molecule has 2 heteroatoms. The molecule has 0 saturated heterocycles. The Hall–Kier alpha value is -1.02. The van der Waals surface area contributed by atoms with Crippen molar-refractivity contribution in [3.63, 3.8) is 0 Å². The van der Waals surface area contributed by atoms with Crippen molar-refractivity contribution in [2.24, 2.45) is 0 Å². The van der Waals surface area contributed by atoms with Crippen LogP contribution in [0.3, 0.4) is 0 Å². The maximum atomic E-state index is 3.50. The van der Waals surface area contributed by atoms with Crippen LogP contribution in [0.1, 0.15) is 45.6 Å². The van der Waals surface area contributed by atoms with Gasteiger partial charge in [0.15, 0.2) is 0 Å². The molecule has 0 radical (unpaired) electrons. The zero-order chi connectivity index (χ0) is 13.2. The molecule has 1 N–H and O–H groups in total. The standard InChI is InChI=1S/C16H28N2/c1-4-7-13-18(6-3)16-11-9-8-10-15(16)14-17-12-5-2/h8-11,17H,4-7,12-14H2,1-3H3. The number of unbranched alkanes of at least 4 members (excludes halogenated alkanes) is 1. The van der Waals surface area contributed by atoms with E-state index < -0.39 is 0 Å². The molecule has 0 aliphatic rings. The van der Waals surface area contributed by atoms with E-state index in [1.807, 2.05) is 0 Å². The summed E-state index contributed by atoms with van der Waals surface area (Å²) >= 11 is 0. The highest BCUT2D eigenvalue weighted by Gasteiger charge is 2.08. The predicted molar refractivity (Wildman–Crippen MR) is 81.2 cm³/mol. The molecule has 1 aromatic rings. The van der Waals surface area contributed by atoms with Crippen LogP contribution >= 0.6 is 0 Å². The number of hydrogen-bond donors (Lipinski definition) is 1. The Kier molecular flexibility index (Phi) is 7.51. The molecule has 0 heterocycles. The highest BCUT2D eigenvalue weighted by Crippen LogP contribution is 2.20. The van der Waals surface area contributed by atoms with E-state index >= 15 is 0 Å². The molecule has 0 bridgehead atoms. The molecule has 0 fully saturated rings. The Bertz CT molecular complexity index is 323. The molecule has 0 aliphatic carbocycles. The first-order valence-electron chi connectivity index (χ1n) is 7.37. The molecule has 0 amide bonds. The number of anilines is 1. The second kappa shape index (κ2) is 8.98. The van der Waals surface area contributed by atoms with E-state index in [-0.39, 0.29) is 0 Å². The predicted octanol–water partition coefficient (Wildman–Crippen LogP) is 3.81. The van der Waals surface area contributed by atoms with Crippen molar-refractivity contribution in [2.75, 3.05) is 24.5 Å². The van der Waals surface area contributed by atoms with Gasteiger partial charge in [-0.05, 0) is 37.9 Å². The largest absolute Gasteiger partial charge is 0.372 e. The molecular weight excluding hydrogens is 220 g/mol. The highest BCUT2D eigenvalue weighted by atomic mass is 15.1. The Morgan fingerprint density at radius 1 is 1.06 bits per heavy atom. The van der Waals surface area contributed by atoms with Crippen LogP contribution in [0.5, 0.6) is 0 Å². The first-order valence-corrected chi connectivity index (χ1v) is 7.37. The topological polar surface area (TPSA) is 15.3 Å². The normalized spacial score (nSPS) is 10.6. The molecule has 0 atom stereocenters. The molecule has 1 rings (SSSR count).